The Kier molecular flexibility index (Phi) is 1.98. The van der Waals surface area contributed by atoms with Crippen LogP contribution in [0, 0.1) is 0 Å². The maximum Gasteiger partial charge on any atom is 0.266 e. The van der Waals surface area contributed by atoms with E-state index in [-0.39, 0.29) is 5.56 Å². The van der Waals surface area contributed by atoms with E-state index < -0.39 is 0 Å². The van der Waals surface area contributed by atoms with Gasteiger partial charge in [0, 0.05) is 0 Å². The van der Waals surface area contributed by atoms with Gasteiger partial charge in [-0.3, -0.25) is 4.79 Å². The first-order valence-corrected chi connectivity index (χ1v) is 4.26. The summed E-state index contributed by atoms with van der Waals surface area (Å²) in [6, 6.07) is 3.18. The van der Waals surface area contributed by atoms with Crippen LogP contribution < -0.4 is 5.56 Å². The molecule has 2 aromatic rings. The van der Waals surface area contributed by atoms with Crippen molar-refractivity contribution in [1.82, 2.24) is 9.97 Å². The number of benzene rings is 1. The highest BCUT2D eigenvalue weighted by atomic mass is 35.5. The van der Waals surface area contributed by atoms with Crippen molar-refractivity contribution in [2.75, 3.05) is 0 Å². The van der Waals surface area contributed by atoms with Gasteiger partial charge in [0.05, 0.1) is 27.3 Å². The van der Waals surface area contributed by atoms with Crippen molar-refractivity contribution >= 4 is 34.2 Å². The van der Waals surface area contributed by atoms with Crippen molar-refractivity contribution in [3.05, 3.63) is 38.7 Å². The van der Waals surface area contributed by atoms with Crippen LogP contribution in [0.4, 0.5) is 0 Å². The van der Waals surface area contributed by atoms with Crippen molar-refractivity contribution in [2.24, 2.45) is 0 Å². The Balaban J connectivity index is 2.89. The van der Waals surface area contributed by atoms with Gasteiger partial charge < -0.3 is 4.98 Å². The number of aromatic amines is 1. The van der Waals surface area contributed by atoms with Crippen molar-refractivity contribution in [3.63, 3.8) is 0 Å². The number of nitrogens with one attached hydrogen (secondary N) is 1. The Morgan fingerprint density at radius 1 is 1.23 bits per heavy atom. The van der Waals surface area contributed by atoms with E-state index in [2.05, 4.69) is 9.97 Å². The second-order valence-electron chi connectivity index (χ2n) is 2.53. The Morgan fingerprint density at radius 2 is 1.92 bits per heavy atom. The average Bonchev–Trinajstić information content (AvgIpc) is 2.08. The molecule has 1 aromatic carbocycles. The predicted octanol–water partition coefficient (Wildman–Crippen LogP) is 2.23. The Labute approximate surface area is 83.3 Å². The molecule has 0 spiro atoms. The molecule has 66 valence electrons. The molecule has 0 radical (unpaired) electrons. The number of nitrogens with zero attached hydrogens (tertiary/aromatic N) is 1. The molecule has 0 atom stereocenters. The van der Waals surface area contributed by atoms with Crippen molar-refractivity contribution in [1.29, 1.82) is 0 Å². The van der Waals surface area contributed by atoms with Crippen LogP contribution in [0.1, 0.15) is 0 Å². The maximum absolute atomic E-state index is 10.9. The highest BCUT2D eigenvalue weighted by Crippen LogP contribution is 2.24. The summed E-state index contributed by atoms with van der Waals surface area (Å²) in [4.78, 5) is 17.4. The highest BCUT2D eigenvalue weighted by Gasteiger charge is 2.01. The molecule has 3 nitrogen and oxygen atoms in total. The zero-order chi connectivity index (χ0) is 9.42. The summed E-state index contributed by atoms with van der Waals surface area (Å²) in [7, 11) is 0. The van der Waals surface area contributed by atoms with Crippen LogP contribution >= 0.6 is 23.2 Å². The molecule has 0 amide bonds. The fraction of sp³-hybridized carbons (Fsp3) is 0. The second kappa shape index (κ2) is 3.01. The molecule has 0 bridgehead atoms. The van der Waals surface area contributed by atoms with E-state index in [9.17, 15) is 4.79 Å². The molecule has 0 saturated heterocycles. The number of hydrogen-bond acceptors (Lipinski definition) is 2. The fourth-order valence-electron chi connectivity index (χ4n) is 1.04. The first kappa shape index (κ1) is 8.53. The Bertz CT molecular complexity index is 521. The normalized spacial score (nSPS) is 10.6. The van der Waals surface area contributed by atoms with Crippen LogP contribution in [0.5, 0.6) is 0 Å². The number of H-pyrrole nitrogens is 1. The molecular weight excluding hydrogens is 211 g/mol. The van der Waals surface area contributed by atoms with Crippen molar-refractivity contribution < 1.29 is 0 Å². The Hall–Kier alpha value is -1.06. The lowest BCUT2D eigenvalue weighted by Gasteiger charge is -1.98. The summed E-state index contributed by atoms with van der Waals surface area (Å²) < 4.78 is 0. The minimum Gasteiger partial charge on any atom is -0.319 e. The van der Waals surface area contributed by atoms with E-state index in [1.54, 1.807) is 12.1 Å². The monoisotopic (exact) mass is 214 g/mol. The lowest BCUT2D eigenvalue weighted by atomic mass is 10.3. The van der Waals surface area contributed by atoms with Gasteiger partial charge in [-0.05, 0) is 12.1 Å². The van der Waals surface area contributed by atoms with Gasteiger partial charge in [-0.2, -0.15) is 0 Å². The summed E-state index contributed by atoms with van der Waals surface area (Å²) in [5.74, 6) is 0. The zero-order valence-corrected chi connectivity index (χ0v) is 7.86. The first-order chi connectivity index (χ1) is 6.16. The SMILES string of the molecule is O=c1cnc2cc(Cl)c(Cl)cc2[nH]1. The second-order valence-corrected chi connectivity index (χ2v) is 3.35. The standard InChI is InChI=1S/C8H4Cl2N2O/c9-4-1-6-7(2-5(4)10)12-8(13)3-11-6/h1-3H,(H,12,13). The topological polar surface area (TPSA) is 45.8 Å². The zero-order valence-electron chi connectivity index (χ0n) is 6.34. The number of hydrogen-bond donors (Lipinski definition) is 1. The molecule has 0 saturated carbocycles. The molecule has 1 N–H and O–H groups in total. The van der Waals surface area contributed by atoms with Crippen LogP contribution in [0.25, 0.3) is 11.0 Å². The summed E-state index contributed by atoms with van der Waals surface area (Å²) in [6.45, 7) is 0. The third-order valence-corrected chi connectivity index (χ3v) is 2.34. The lowest BCUT2D eigenvalue weighted by molar-refractivity contribution is 1.22. The molecule has 1 aromatic heterocycles. The third kappa shape index (κ3) is 1.53. The number of aromatic nitrogens is 2. The third-order valence-electron chi connectivity index (χ3n) is 1.62. The van der Waals surface area contributed by atoms with Gasteiger partial charge in [0.1, 0.15) is 0 Å². The van der Waals surface area contributed by atoms with E-state index >= 15 is 0 Å². The Morgan fingerprint density at radius 3 is 2.69 bits per heavy atom. The lowest BCUT2D eigenvalue weighted by Crippen LogP contribution is -2.04. The maximum atomic E-state index is 10.9. The van der Waals surface area contributed by atoms with Crippen LogP contribution in [-0.2, 0) is 0 Å². The van der Waals surface area contributed by atoms with Crippen molar-refractivity contribution in [3.8, 4) is 0 Å². The minimum absolute atomic E-state index is 0.258. The van der Waals surface area contributed by atoms with Gasteiger partial charge in [0.25, 0.3) is 5.56 Å². The van der Waals surface area contributed by atoms with E-state index in [4.69, 9.17) is 23.2 Å². The average molecular weight is 215 g/mol. The fourth-order valence-corrected chi connectivity index (χ4v) is 1.36. The van der Waals surface area contributed by atoms with Crippen LogP contribution in [0.2, 0.25) is 10.0 Å². The molecule has 0 aliphatic heterocycles. The molecule has 13 heavy (non-hydrogen) atoms. The van der Waals surface area contributed by atoms with E-state index in [1.807, 2.05) is 0 Å². The van der Waals surface area contributed by atoms with Gasteiger partial charge in [-0.1, -0.05) is 23.2 Å². The van der Waals surface area contributed by atoms with Crippen LogP contribution in [-0.4, -0.2) is 9.97 Å². The first-order valence-electron chi connectivity index (χ1n) is 3.51. The van der Waals surface area contributed by atoms with E-state index in [0.29, 0.717) is 21.1 Å². The number of fused-ring (bicyclic) bond motifs is 1. The molecule has 0 aliphatic carbocycles. The molecule has 1 heterocycles. The largest absolute Gasteiger partial charge is 0.319 e. The van der Waals surface area contributed by atoms with E-state index in [0.717, 1.165) is 0 Å². The molecule has 0 unspecified atom stereocenters. The molecule has 2 rings (SSSR count). The summed E-state index contributed by atoms with van der Waals surface area (Å²) in [5.41, 5.74) is 0.946. The van der Waals surface area contributed by atoms with Crippen molar-refractivity contribution in [2.45, 2.75) is 0 Å². The van der Waals surface area contributed by atoms with Gasteiger partial charge in [0.2, 0.25) is 0 Å². The predicted molar refractivity (Wildman–Crippen MR) is 52.4 cm³/mol. The molecule has 0 aliphatic rings. The van der Waals surface area contributed by atoms with Gasteiger partial charge >= 0.3 is 0 Å². The summed E-state index contributed by atoms with van der Waals surface area (Å²) in [5, 5.41) is 0.825. The van der Waals surface area contributed by atoms with Gasteiger partial charge in [0.15, 0.2) is 0 Å². The highest BCUT2D eigenvalue weighted by molar-refractivity contribution is 6.42. The minimum atomic E-state index is -0.258. The van der Waals surface area contributed by atoms with E-state index in [1.165, 1.54) is 6.20 Å². The molecular formula is C8H4Cl2N2O. The number of halogens is 2. The van der Waals surface area contributed by atoms with Gasteiger partial charge in [-0.25, -0.2) is 4.98 Å². The summed E-state index contributed by atoms with van der Waals surface area (Å²) in [6.07, 6.45) is 1.20. The van der Waals surface area contributed by atoms with Crippen LogP contribution in [0.3, 0.4) is 0 Å². The summed E-state index contributed by atoms with van der Waals surface area (Å²) >= 11 is 11.5. The quantitative estimate of drug-likeness (QED) is 0.732. The number of rotatable bonds is 0. The van der Waals surface area contributed by atoms with Gasteiger partial charge in [-0.15, -0.1) is 0 Å². The molecule has 0 fully saturated rings. The smallest absolute Gasteiger partial charge is 0.266 e. The molecule has 5 heteroatoms. The van der Waals surface area contributed by atoms with Crippen LogP contribution in [0.15, 0.2) is 23.1 Å².